The Morgan fingerprint density at radius 3 is 2.46 bits per heavy atom. The van der Waals surface area contributed by atoms with Gasteiger partial charge in [-0.15, -0.1) is 0 Å². The number of ether oxygens (including phenoxy) is 4. The van der Waals surface area contributed by atoms with Crippen molar-refractivity contribution in [3.8, 4) is 0 Å². The van der Waals surface area contributed by atoms with E-state index in [-0.39, 0.29) is 11.1 Å². The van der Waals surface area contributed by atoms with Crippen LogP contribution in [-0.2, 0) is 23.7 Å². The fourth-order valence-corrected chi connectivity index (χ4v) is 3.60. The number of carbonyl (C=O) groups is 1. The van der Waals surface area contributed by atoms with Gasteiger partial charge in [-0.3, -0.25) is 0 Å². The van der Waals surface area contributed by atoms with E-state index in [4.69, 9.17) is 14.2 Å². The number of aliphatic hydroxyl groups is 6. The lowest BCUT2D eigenvalue weighted by Gasteiger charge is -2.43. The number of methoxy groups -OCH3 is 1. The third-order valence-electron chi connectivity index (χ3n) is 5.33. The summed E-state index contributed by atoms with van der Waals surface area (Å²) in [6.45, 7) is 0.673. The summed E-state index contributed by atoms with van der Waals surface area (Å²) >= 11 is 0. The quantitative estimate of drug-likeness (QED) is 0.262. The Morgan fingerprint density at radius 2 is 1.86 bits per heavy atom. The third-order valence-corrected chi connectivity index (χ3v) is 5.33. The minimum absolute atomic E-state index is 0.0158. The molecule has 28 heavy (non-hydrogen) atoms. The molecule has 158 valence electrons. The van der Waals surface area contributed by atoms with E-state index in [0.29, 0.717) is 0 Å². The molecule has 1 aliphatic carbocycles. The van der Waals surface area contributed by atoms with E-state index in [1.54, 1.807) is 0 Å². The topological polar surface area (TPSA) is 175 Å². The van der Waals surface area contributed by atoms with Crippen LogP contribution in [0.5, 0.6) is 0 Å². The molecule has 0 radical (unpaired) electrons. The molecule has 0 spiro atoms. The monoisotopic (exact) mass is 404 g/mol. The Bertz CT molecular complexity index is 670. The lowest BCUT2D eigenvalue weighted by Crippen LogP contribution is -2.60. The molecule has 0 saturated carbocycles. The van der Waals surface area contributed by atoms with Crippen molar-refractivity contribution in [2.24, 2.45) is 5.92 Å². The molecule has 0 aromatic heterocycles. The van der Waals surface area contributed by atoms with Gasteiger partial charge in [-0.25, -0.2) is 4.79 Å². The maximum atomic E-state index is 12.0. The molecule has 11 nitrogen and oxygen atoms in total. The number of fused-ring (bicyclic) bond motifs is 1. The first-order valence-corrected chi connectivity index (χ1v) is 8.65. The van der Waals surface area contributed by atoms with Crippen molar-refractivity contribution in [3.05, 3.63) is 23.5 Å². The number of aliphatic hydroxyl groups excluding tert-OH is 5. The molecule has 6 N–H and O–H groups in total. The molecule has 11 heteroatoms. The molecule has 2 heterocycles. The second-order valence-electron chi connectivity index (χ2n) is 7.13. The van der Waals surface area contributed by atoms with Crippen LogP contribution in [0, 0.1) is 5.92 Å². The average Bonchev–Trinajstić information content (AvgIpc) is 2.91. The molecule has 3 aliphatic rings. The molecule has 3 rings (SSSR count). The highest BCUT2D eigenvalue weighted by atomic mass is 16.8. The van der Waals surface area contributed by atoms with Crippen LogP contribution in [0.2, 0.25) is 0 Å². The Labute approximate surface area is 160 Å². The minimum Gasteiger partial charge on any atom is -0.471 e. The number of rotatable bonds is 4. The van der Waals surface area contributed by atoms with Crippen LogP contribution in [0.3, 0.4) is 0 Å². The Kier molecular flexibility index (Phi) is 5.81. The number of esters is 1. The van der Waals surface area contributed by atoms with Crippen LogP contribution >= 0.6 is 0 Å². The standard InChI is InChI=1S/C17H24O11/c1-17(24)9(19)3-6-7(14(23)25-2)5-26-15(10(6)17)28-16-13(22)12(21)11(20)8(4-18)27-16/h3,5,8-13,15-16,18-22,24H,4H2,1-2H3/t8-,9?,10?,11-,12+,13-,15+,16?,17?/m1/s1. The summed E-state index contributed by atoms with van der Waals surface area (Å²) in [7, 11) is 1.17. The predicted molar refractivity (Wildman–Crippen MR) is 88.0 cm³/mol. The summed E-state index contributed by atoms with van der Waals surface area (Å²) in [4.78, 5) is 12.0. The van der Waals surface area contributed by atoms with Crippen molar-refractivity contribution >= 4 is 5.97 Å². The van der Waals surface area contributed by atoms with Crippen molar-refractivity contribution in [1.29, 1.82) is 0 Å². The van der Waals surface area contributed by atoms with Crippen molar-refractivity contribution in [2.45, 2.75) is 55.6 Å². The molecular weight excluding hydrogens is 380 g/mol. The fraction of sp³-hybridized carbons (Fsp3) is 0.706. The zero-order chi connectivity index (χ0) is 20.8. The zero-order valence-electron chi connectivity index (χ0n) is 15.2. The van der Waals surface area contributed by atoms with E-state index in [0.717, 1.165) is 6.26 Å². The second-order valence-corrected chi connectivity index (χ2v) is 7.13. The van der Waals surface area contributed by atoms with E-state index in [1.807, 2.05) is 0 Å². The summed E-state index contributed by atoms with van der Waals surface area (Å²) in [6, 6.07) is 0. The molecule has 0 bridgehead atoms. The normalized spacial score (nSPS) is 45.6. The van der Waals surface area contributed by atoms with Crippen LogP contribution in [0.25, 0.3) is 0 Å². The zero-order valence-corrected chi connectivity index (χ0v) is 15.2. The van der Waals surface area contributed by atoms with Gasteiger partial charge >= 0.3 is 5.97 Å². The minimum atomic E-state index is -1.79. The largest absolute Gasteiger partial charge is 0.471 e. The van der Waals surface area contributed by atoms with Gasteiger partial charge in [-0.2, -0.15) is 0 Å². The van der Waals surface area contributed by atoms with Gasteiger partial charge in [0, 0.05) is 0 Å². The Balaban J connectivity index is 1.87. The first-order chi connectivity index (χ1) is 13.1. The summed E-state index contributed by atoms with van der Waals surface area (Å²) in [6.07, 6.45) is -7.99. The maximum Gasteiger partial charge on any atom is 0.341 e. The molecule has 1 saturated heterocycles. The number of hydrogen-bond acceptors (Lipinski definition) is 11. The van der Waals surface area contributed by atoms with Crippen LogP contribution in [0.15, 0.2) is 23.5 Å². The van der Waals surface area contributed by atoms with Gasteiger partial charge in [0.15, 0.2) is 6.29 Å². The molecule has 9 atom stereocenters. The molecule has 0 amide bonds. The van der Waals surface area contributed by atoms with Crippen LogP contribution < -0.4 is 0 Å². The number of carbonyl (C=O) groups excluding carboxylic acids is 1. The highest BCUT2D eigenvalue weighted by Gasteiger charge is 2.56. The van der Waals surface area contributed by atoms with Crippen molar-refractivity contribution in [1.82, 2.24) is 0 Å². The van der Waals surface area contributed by atoms with Gasteiger partial charge < -0.3 is 49.6 Å². The predicted octanol–water partition coefficient (Wildman–Crippen LogP) is -3.12. The maximum absolute atomic E-state index is 12.0. The highest BCUT2D eigenvalue weighted by molar-refractivity contribution is 5.93. The second kappa shape index (κ2) is 7.69. The van der Waals surface area contributed by atoms with Crippen molar-refractivity contribution in [2.75, 3.05) is 13.7 Å². The van der Waals surface area contributed by atoms with E-state index < -0.39 is 67.2 Å². The fourth-order valence-electron chi connectivity index (χ4n) is 3.60. The summed E-state index contributed by atoms with van der Waals surface area (Å²) < 4.78 is 20.9. The lowest BCUT2D eigenvalue weighted by molar-refractivity contribution is -0.343. The summed E-state index contributed by atoms with van der Waals surface area (Å²) in [5, 5.41) is 60.1. The van der Waals surface area contributed by atoms with Crippen LogP contribution in [-0.4, -0.2) is 99.0 Å². The van der Waals surface area contributed by atoms with Crippen LogP contribution in [0.4, 0.5) is 0 Å². The molecule has 1 fully saturated rings. The smallest absolute Gasteiger partial charge is 0.341 e. The molecular formula is C17H24O11. The molecule has 0 aromatic carbocycles. The van der Waals surface area contributed by atoms with E-state index in [9.17, 15) is 35.4 Å². The van der Waals surface area contributed by atoms with Gasteiger partial charge in [0.05, 0.1) is 25.2 Å². The first-order valence-electron chi connectivity index (χ1n) is 8.65. The van der Waals surface area contributed by atoms with E-state index in [2.05, 4.69) is 4.74 Å². The average molecular weight is 404 g/mol. The Hall–Kier alpha value is -1.57. The van der Waals surface area contributed by atoms with Crippen LogP contribution in [0.1, 0.15) is 6.92 Å². The van der Waals surface area contributed by atoms with Crippen molar-refractivity contribution in [3.63, 3.8) is 0 Å². The van der Waals surface area contributed by atoms with Gasteiger partial charge in [0.2, 0.25) is 6.29 Å². The van der Waals surface area contributed by atoms with E-state index in [1.165, 1.54) is 20.1 Å². The number of hydrogen-bond donors (Lipinski definition) is 6. The van der Waals surface area contributed by atoms with Gasteiger partial charge in [-0.05, 0) is 18.6 Å². The van der Waals surface area contributed by atoms with Gasteiger partial charge in [0.1, 0.15) is 42.4 Å². The van der Waals surface area contributed by atoms with Gasteiger partial charge in [0.25, 0.3) is 0 Å². The first kappa shape index (κ1) is 21.1. The molecule has 2 aliphatic heterocycles. The molecule has 0 aromatic rings. The van der Waals surface area contributed by atoms with E-state index >= 15 is 0 Å². The summed E-state index contributed by atoms with van der Waals surface area (Å²) in [5.41, 5.74) is -1.58. The third kappa shape index (κ3) is 3.33. The SMILES string of the molecule is COC(=O)C1=CO[C@@H](OC2O[C@H](CO)[C@@H](O)[C@H](O)[C@H]2O)C2C1=CC(O)C2(C)O. The lowest BCUT2D eigenvalue weighted by atomic mass is 9.83. The summed E-state index contributed by atoms with van der Waals surface area (Å²) in [5.74, 6) is -1.80. The highest BCUT2D eigenvalue weighted by Crippen LogP contribution is 2.46. The molecule has 4 unspecified atom stereocenters. The van der Waals surface area contributed by atoms with Gasteiger partial charge in [-0.1, -0.05) is 0 Å². The Morgan fingerprint density at radius 1 is 1.18 bits per heavy atom. The van der Waals surface area contributed by atoms with Crippen molar-refractivity contribution < 1.29 is 54.4 Å².